The molecule has 0 aliphatic carbocycles. The number of hydrogen-bond acceptors (Lipinski definition) is 4. The SMILES string of the molecule is Cc1cc(N2CCCC2)ccc1NC(=O)[C@@H](C)NS(=O)(=O)c1ccccc1F. The minimum absolute atomic E-state index is 0.485. The smallest absolute Gasteiger partial charge is 0.244 e. The van der Waals surface area contributed by atoms with Crippen LogP contribution >= 0.6 is 0 Å². The van der Waals surface area contributed by atoms with E-state index in [4.69, 9.17) is 0 Å². The summed E-state index contributed by atoms with van der Waals surface area (Å²) in [6.07, 6.45) is 2.36. The predicted octanol–water partition coefficient (Wildman–Crippen LogP) is 3.04. The third-order valence-electron chi connectivity index (χ3n) is 4.79. The number of aryl methyl sites for hydroxylation is 1. The van der Waals surface area contributed by atoms with E-state index in [0.717, 1.165) is 36.5 Å². The van der Waals surface area contributed by atoms with Gasteiger partial charge in [0.2, 0.25) is 15.9 Å². The van der Waals surface area contributed by atoms with Gasteiger partial charge in [-0.15, -0.1) is 0 Å². The van der Waals surface area contributed by atoms with E-state index in [1.807, 2.05) is 25.1 Å². The molecule has 2 aromatic carbocycles. The first-order chi connectivity index (χ1) is 13.3. The summed E-state index contributed by atoms with van der Waals surface area (Å²) >= 11 is 0. The Morgan fingerprint density at radius 2 is 1.82 bits per heavy atom. The highest BCUT2D eigenvalue weighted by Crippen LogP contribution is 2.25. The molecule has 2 aromatic rings. The van der Waals surface area contributed by atoms with Gasteiger partial charge in [-0.2, -0.15) is 4.72 Å². The van der Waals surface area contributed by atoms with Crippen molar-refractivity contribution >= 4 is 27.3 Å². The Morgan fingerprint density at radius 1 is 1.14 bits per heavy atom. The number of anilines is 2. The molecule has 1 aliphatic rings. The summed E-state index contributed by atoms with van der Waals surface area (Å²) in [4.78, 5) is 14.3. The van der Waals surface area contributed by atoms with E-state index in [0.29, 0.717) is 5.69 Å². The van der Waals surface area contributed by atoms with Gasteiger partial charge in [0, 0.05) is 24.5 Å². The molecule has 0 radical (unpaired) electrons. The highest BCUT2D eigenvalue weighted by molar-refractivity contribution is 7.89. The largest absolute Gasteiger partial charge is 0.372 e. The lowest BCUT2D eigenvalue weighted by molar-refractivity contribution is -0.117. The van der Waals surface area contributed by atoms with Crippen molar-refractivity contribution in [3.05, 3.63) is 53.8 Å². The first kappa shape index (κ1) is 20.3. The molecule has 1 saturated heterocycles. The van der Waals surface area contributed by atoms with Crippen LogP contribution in [0.2, 0.25) is 0 Å². The van der Waals surface area contributed by atoms with Gasteiger partial charge in [0.25, 0.3) is 0 Å². The van der Waals surface area contributed by atoms with Gasteiger partial charge in [0.05, 0.1) is 6.04 Å². The summed E-state index contributed by atoms with van der Waals surface area (Å²) in [5.41, 5.74) is 2.62. The molecule has 2 N–H and O–H groups in total. The number of carbonyl (C=O) groups is 1. The Labute approximate surface area is 164 Å². The van der Waals surface area contributed by atoms with Crippen LogP contribution in [-0.4, -0.2) is 33.5 Å². The van der Waals surface area contributed by atoms with E-state index in [1.54, 1.807) is 0 Å². The number of hydrogen-bond donors (Lipinski definition) is 2. The molecule has 0 unspecified atom stereocenters. The maximum absolute atomic E-state index is 13.8. The molecule has 6 nitrogen and oxygen atoms in total. The van der Waals surface area contributed by atoms with Crippen LogP contribution in [0.15, 0.2) is 47.4 Å². The topological polar surface area (TPSA) is 78.5 Å². The first-order valence-corrected chi connectivity index (χ1v) is 10.7. The first-order valence-electron chi connectivity index (χ1n) is 9.21. The zero-order valence-electron chi connectivity index (χ0n) is 15.9. The van der Waals surface area contributed by atoms with E-state index in [9.17, 15) is 17.6 Å². The van der Waals surface area contributed by atoms with Crippen molar-refractivity contribution in [2.45, 2.75) is 37.6 Å². The number of nitrogens with zero attached hydrogens (tertiary/aromatic N) is 1. The van der Waals surface area contributed by atoms with E-state index in [-0.39, 0.29) is 0 Å². The average Bonchev–Trinajstić information content (AvgIpc) is 3.18. The number of benzene rings is 2. The average molecular weight is 405 g/mol. The van der Waals surface area contributed by atoms with Gasteiger partial charge in [-0.05, 0) is 62.6 Å². The quantitative estimate of drug-likeness (QED) is 0.774. The van der Waals surface area contributed by atoms with Gasteiger partial charge in [-0.1, -0.05) is 12.1 Å². The lowest BCUT2D eigenvalue weighted by Crippen LogP contribution is -2.41. The fourth-order valence-corrected chi connectivity index (χ4v) is 4.50. The van der Waals surface area contributed by atoms with Crippen molar-refractivity contribution in [2.24, 2.45) is 0 Å². The van der Waals surface area contributed by atoms with Gasteiger partial charge in [0.1, 0.15) is 10.7 Å². The predicted molar refractivity (Wildman–Crippen MR) is 107 cm³/mol. The third kappa shape index (κ3) is 4.51. The van der Waals surface area contributed by atoms with Crippen molar-refractivity contribution in [3.63, 3.8) is 0 Å². The van der Waals surface area contributed by atoms with E-state index >= 15 is 0 Å². The highest BCUT2D eigenvalue weighted by Gasteiger charge is 2.25. The molecule has 0 saturated carbocycles. The van der Waals surface area contributed by atoms with Crippen LogP contribution in [0.5, 0.6) is 0 Å². The molecule has 1 atom stereocenters. The maximum atomic E-state index is 13.8. The van der Waals surface area contributed by atoms with Crippen molar-refractivity contribution in [1.82, 2.24) is 4.72 Å². The zero-order chi connectivity index (χ0) is 20.3. The number of nitrogens with one attached hydrogen (secondary N) is 2. The number of carbonyl (C=O) groups excluding carboxylic acids is 1. The molecular weight excluding hydrogens is 381 g/mol. The van der Waals surface area contributed by atoms with E-state index in [2.05, 4.69) is 14.9 Å². The Hall–Kier alpha value is -2.45. The summed E-state index contributed by atoms with van der Waals surface area (Å²) < 4.78 is 40.7. The molecule has 150 valence electrons. The van der Waals surface area contributed by atoms with Crippen LogP contribution in [0.25, 0.3) is 0 Å². The van der Waals surface area contributed by atoms with Gasteiger partial charge >= 0.3 is 0 Å². The lowest BCUT2D eigenvalue weighted by atomic mass is 10.1. The molecular formula is C20H24FN3O3S. The molecule has 0 bridgehead atoms. The summed E-state index contributed by atoms with van der Waals surface area (Å²) in [6, 6.07) is 9.75. The molecule has 1 amide bonds. The van der Waals surface area contributed by atoms with Crippen LogP contribution in [0.1, 0.15) is 25.3 Å². The van der Waals surface area contributed by atoms with Crippen LogP contribution in [0.3, 0.4) is 0 Å². The van der Waals surface area contributed by atoms with Crippen LogP contribution in [0, 0.1) is 12.7 Å². The molecule has 28 heavy (non-hydrogen) atoms. The Balaban J connectivity index is 1.68. The van der Waals surface area contributed by atoms with Gasteiger partial charge in [0.15, 0.2) is 0 Å². The third-order valence-corrected chi connectivity index (χ3v) is 6.36. The Kier molecular flexibility index (Phi) is 6.00. The number of amides is 1. The fraction of sp³-hybridized carbons (Fsp3) is 0.350. The molecule has 0 spiro atoms. The summed E-state index contributed by atoms with van der Waals surface area (Å²) in [7, 11) is -4.15. The molecule has 1 fully saturated rings. The summed E-state index contributed by atoms with van der Waals surface area (Å²) in [6.45, 7) is 5.37. The Morgan fingerprint density at radius 3 is 2.46 bits per heavy atom. The van der Waals surface area contributed by atoms with Crippen molar-refractivity contribution in [3.8, 4) is 0 Å². The van der Waals surface area contributed by atoms with E-state index in [1.165, 1.54) is 31.9 Å². The van der Waals surface area contributed by atoms with Gasteiger partial charge < -0.3 is 10.2 Å². The zero-order valence-corrected chi connectivity index (χ0v) is 16.7. The van der Waals surface area contributed by atoms with E-state index < -0.39 is 32.7 Å². The summed E-state index contributed by atoms with van der Waals surface area (Å²) in [5.74, 6) is -1.38. The maximum Gasteiger partial charge on any atom is 0.244 e. The lowest BCUT2D eigenvalue weighted by Gasteiger charge is -2.20. The second-order valence-corrected chi connectivity index (χ2v) is 8.64. The van der Waals surface area contributed by atoms with Crippen LogP contribution in [0.4, 0.5) is 15.8 Å². The van der Waals surface area contributed by atoms with Gasteiger partial charge in [-0.3, -0.25) is 4.79 Å². The number of rotatable bonds is 6. The van der Waals surface area contributed by atoms with Crippen molar-refractivity contribution in [1.29, 1.82) is 0 Å². The fourth-order valence-electron chi connectivity index (χ4n) is 3.21. The number of halogens is 1. The van der Waals surface area contributed by atoms with Gasteiger partial charge in [-0.25, -0.2) is 12.8 Å². The minimum atomic E-state index is -4.15. The highest BCUT2D eigenvalue weighted by atomic mass is 32.2. The molecule has 8 heteroatoms. The Bertz CT molecular complexity index is 972. The number of sulfonamides is 1. The minimum Gasteiger partial charge on any atom is -0.372 e. The van der Waals surface area contributed by atoms with Crippen molar-refractivity contribution < 1.29 is 17.6 Å². The monoisotopic (exact) mass is 405 g/mol. The summed E-state index contributed by atoms with van der Waals surface area (Å²) in [5, 5.41) is 2.74. The standard InChI is InChI=1S/C20H24FN3O3S/c1-14-13-16(24-11-5-6-12-24)9-10-18(14)22-20(25)15(2)23-28(26,27)19-8-4-3-7-17(19)21/h3-4,7-10,13,15,23H,5-6,11-12H2,1-2H3,(H,22,25)/t15-/m1/s1. The van der Waals surface area contributed by atoms with Crippen molar-refractivity contribution in [2.75, 3.05) is 23.3 Å². The molecule has 3 rings (SSSR count). The molecule has 1 aliphatic heterocycles. The molecule has 0 aromatic heterocycles. The second-order valence-electron chi connectivity index (χ2n) is 6.96. The van der Waals surface area contributed by atoms with Crippen LogP contribution in [-0.2, 0) is 14.8 Å². The van der Waals surface area contributed by atoms with Crippen LogP contribution < -0.4 is 14.9 Å². The molecule has 1 heterocycles. The second kappa shape index (κ2) is 8.28. The normalized spacial score (nSPS) is 15.5.